The van der Waals surface area contributed by atoms with E-state index >= 15 is 0 Å². The maximum Gasteiger partial charge on any atom is 0.339 e. The van der Waals surface area contributed by atoms with Crippen LogP contribution in [0, 0.1) is 6.92 Å². The highest BCUT2D eigenvalue weighted by molar-refractivity contribution is 6.03. The van der Waals surface area contributed by atoms with Gasteiger partial charge in [0.25, 0.3) is 0 Å². The predicted octanol–water partition coefficient (Wildman–Crippen LogP) is 3.30. The quantitative estimate of drug-likeness (QED) is 0.447. The lowest BCUT2D eigenvalue weighted by Gasteiger charge is -2.09. The summed E-state index contributed by atoms with van der Waals surface area (Å²) in [7, 11) is 0. The van der Waals surface area contributed by atoms with Crippen molar-refractivity contribution >= 4 is 27.8 Å². The van der Waals surface area contributed by atoms with Gasteiger partial charge in [0.15, 0.2) is 0 Å². The van der Waals surface area contributed by atoms with Crippen LogP contribution < -0.4 is 11.2 Å². The van der Waals surface area contributed by atoms with Crippen molar-refractivity contribution < 1.29 is 13.9 Å². The van der Waals surface area contributed by atoms with E-state index in [0.717, 1.165) is 5.56 Å². The van der Waals surface area contributed by atoms with Crippen LogP contribution in [0.2, 0.25) is 0 Å². The molecule has 0 atom stereocenters. The fourth-order valence-corrected chi connectivity index (χ4v) is 3.05. The molecule has 2 aromatic heterocycles. The average molecular weight is 361 g/mol. The molecule has 0 radical (unpaired) electrons. The number of aromatic nitrogens is 1. The number of aromatic amines is 1. The Morgan fingerprint density at radius 3 is 2.70 bits per heavy atom. The van der Waals surface area contributed by atoms with Gasteiger partial charge in [0.1, 0.15) is 12.2 Å². The number of hydrogen-bond donors (Lipinski definition) is 1. The van der Waals surface area contributed by atoms with Crippen LogP contribution in [0.25, 0.3) is 21.9 Å². The molecule has 27 heavy (non-hydrogen) atoms. The Bertz CT molecular complexity index is 1300. The lowest BCUT2D eigenvalue weighted by atomic mass is 10.1. The molecular weight excluding hydrogens is 346 g/mol. The number of nitrogens with one attached hydrogen (secondary N) is 1. The van der Waals surface area contributed by atoms with Crippen molar-refractivity contribution in [3.05, 3.63) is 92.1 Å². The van der Waals surface area contributed by atoms with Crippen LogP contribution in [0.1, 0.15) is 21.5 Å². The van der Waals surface area contributed by atoms with E-state index in [-0.39, 0.29) is 17.7 Å². The lowest BCUT2D eigenvalue weighted by molar-refractivity contribution is 0.0476. The van der Waals surface area contributed by atoms with Crippen molar-refractivity contribution in [3.63, 3.8) is 0 Å². The molecule has 0 saturated heterocycles. The molecule has 0 fully saturated rings. The number of carbonyl (C=O) groups excluding carboxylic acids is 1. The first-order valence-corrected chi connectivity index (χ1v) is 8.34. The summed E-state index contributed by atoms with van der Waals surface area (Å²) in [4.78, 5) is 38.9. The minimum atomic E-state index is -0.634. The number of fused-ring (bicyclic) bond motifs is 2. The number of para-hydroxylation sites is 1. The van der Waals surface area contributed by atoms with Gasteiger partial charge in [0.2, 0.25) is 5.56 Å². The molecule has 0 saturated carbocycles. The Balaban J connectivity index is 1.69. The third kappa shape index (κ3) is 3.25. The van der Waals surface area contributed by atoms with E-state index in [1.807, 2.05) is 19.1 Å². The molecule has 0 amide bonds. The lowest BCUT2D eigenvalue weighted by Crippen LogP contribution is -2.13. The average Bonchev–Trinajstić information content (AvgIpc) is 2.64. The van der Waals surface area contributed by atoms with Gasteiger partial charge in [-0.2, -0.15) is 0 Å². The summed E-state index contributed by atoms with van der Waals surface area (Å²) in [5.41, 5.74) is 1.77. The molecule has 0 aliphatic carbocycles. The fourth-order valence-electron chi connectivity index (χ4n) is 3.05. The summed E-state index contributed by atoms with van der Waals surface area (Å²) in [5, 5.41) is 1.29. The first-order chi connectivity index (χ1) is 13.0. The highest BCUT2D eigenvalue weighted by Crippen LogP contribution is 2.21. The van der Waals surface area contributed by atoms with Gasteiger partial charge < -0.3 is 14.1 Å². The zero-order valence-electron chi connectivity index (χ0n) is 14.4. The van der Waals surface area contributed by atoms with Crippen LogP contribution in [0.3, 0.4) is 0 Å². The van der Waals surface area contributed by atoms with Crippen molar-refractivity contribution in [2.75, 3.05) is 0 Å². The Hall–Kier alpha value is -3.67. The van der Waals surface area contributed by atoms with Gasteiger partial charge in [-0.05, 0) is 24.6 Å². The summed E-state index contributed by atoms with van der Waals surface area (Å²) in [5.74, 6) is -0.634. The first-order valence-electron chi connectivity index (χ1n) is 8.34. The van der Waals surface area contributed by atoms with Crippen molar-refractivity contribution in [1.29, 1.82) is 0 Å². The molecule has 134 valence electrons. The SMILES string of the molecule is Cc1ccc2c(COC(=O)c3cc(=O)[nH]c4ccccc34)cc(=O)oc2c1. The van der Waals surface area contributed by atoms with E-state index in [4.69, 9.17) is 9.15 Å². The highest BCUT2D eigenvalue weighted by atomic mass is 16.5. The fraction of sp³-hybridized carbons (Fsp3) is 0.0952. The molecular formula is C21H15NO5. The van der Waals surface area contributed by atoms with Gasteiger partial charge in [-0.1, -0.05) is 30.3 Å². The number of rotatable bonds is 3. The van der Waals surface area contributed by atoms with Crippen molar-refractivity contribution in [2.24, 2.45) is 0 Å². The second kappa shape index (κ2) is 6.57. The first kappa shape index (κ1) is 16.8. The standard InChI is InChI=1S/C21H15NO5/c1-12-6-7-14-13(9-20(24)27-18(14)8-12)11-26-21(25)16-10-19(23)22-17-5-3-2-4-15(16)17/h2-10H,11H2,1H3,(H,22,23). The third-order valence-electron chi connectivity index (χ3n) is 4.31. The van der Waals surface area contributed by atoms with Gasteiger partial charge in [-0.3, -0.25) is 4.79 Å². The highest BCUT2D eigenvalue weighted by Gasteiger charge is 2.14. The molecule has 6 heteroatoms. The number of carbonyl (C=O) groups is 1. The Labute approximate surface area is 153 Å². The molecule has 0 unspecified atom stereocenters. The number of H-pyrrole nitrogens is 1. The molecule has 2 heterocycles. The molecule has 0 aliphatic rings. The minimum absolute atomic E-state index is 0.106. The summed E-state index contributed by atoms with van der Waals surface area (Å²) in [6.45, 7) is 1.79. The smallest absolute Gasteiger partial charge is 0.339 e. The van der Waals surface area contributed by atoms with Crippen LogP contribution >= 0.6 is 0 Å². The van der Waals surface area contributed by atoms with E-state index in [2.05, 4.69) is 4.98 Å². The van der Waals surface area contributed by atoms with Crippen LogP contribution in [0.15, 0.2) is 68.6 Å². The van der Waals surface area contributed by atoms with Gasteiger partial charge in [0.05, 0.1) is 5.56 Å². The molecule has 0 bridgehead atoms. The van der Waals surface area contributed by atoms with E-state index in [1.54, 1.807) is 30.3 Å². The Kier molecular flexibility index (Phi) is 4.08. The van der Waals surface area contributed by atoms with Crippen LogP contribution in [0.5, 0.6) is 0 Å². The molecule has 0 spiro atoms. The van der Waals surface area contributed by atoms with E-state index in [0.29, 0.717) is 27.4 Å². The number of esters is 1. The third-order valence-corrected chi connectivity index (χ3v) is 4.31. The van der Waals surface area contributed by atoms with Crippen molar-refractivity contribution in [3.8, 4) is 0 Å². The van der Waals surface area contributed by atoms with Gasteiger partial charge in [-0.25, -0.2) is 9.59 Å². The van der Waals surface area contributed by atoms with Crippen LogP contribution in [0.4, 0.5) is 0 Å². The van der Waals surface area contributed by atoms with Crippen molar-refractivity contribution in [2.45, 2.75) is 13.5 Å². The Morgan fingerprint density at radius 2 is 1.85 bits per heavy atom. The van der Waals surface area contributed by atoms with E-state index in [9.17, 15) is 14.4 Å². The number of hydrogen-bond acceptors (Lipinski definition) is 5. The van der Waals surface area contributed by atoms with Crippen molar-refractivity contribution in [1.82, 2.24) is 4.98 Å². The summed E-state index contributed by atoms with van der Waals surface area (Å²) >= 11 is 0. The second-order valence-electron chi connectivity index (χ2n) is 6.26. The maximum absolute atomic E-state index is 12.6. The zero-order valence-corrected chi connectivity index (χ0v) is 14.4. The second-order valence-corrected chi connectivity index (χ2v) is 6.26. The summed E-state index contributed by atoms with van der Waals surface area (Å²) in [6, 6.07) is 15.0. The number of aryl methyl sites for hydroxylation is 1. The van der Waals surface area contributed by atoms with Crippen LogP contribution in [-0.4, -0.2) is 11.0 Å². The normalized spacial score (nSPS) is 11.0. The monoisotopic (exact) mass is 361 g/mol. The Morgan fingerprint density at radius 1 is 1.04 bits per heavy atom. The minimum Gasteiger partial charge on any atom is -0.457 e. The molecule has 4 aromatic rings. The van der Waals surface area contributed by atoms with Crippen LogP contribution in [-0.2, 0) is 11.3 Å². The van der Waals surface area contributed by atoms with E-state index < -0.39 is 11.6 Å². The molecule has 2 aromatic carbocycles. The molecule has 0 aliphatic heterocycles. The molecule has 6 nitrogen and oxygen atoms in total. The van der Waals surface area contributed by atoms with Gasteiger partial charge >= 0.3 is 11.6 Å². The maximum atomic E-state index is 12.6. The summed E-state index contributed by atoms with van der Waals surface area (Å²) in [6.07, 6.45) is 0. The number of pyridine rings is 1. The zero-order chi connectivity index (χ0) is 19.0. The predicted molar refractivity (Wildman–Crippen MR) is 101 cm³/mol. The topological polar surface area (TPSA) is 89.4 Å². The number of ether oxygens (including phenoxy) is 1. The van der Waals surface area contributed by atoms with E-state index in [1.165, 1.54) is 12.1 Å². The van der Waals surface area contributed by atoms with Gasteiger partial charge in [-0.15, -0.1) is 0 Å². The molecule has 4 rings (SSSR count). The molecule has 1 N–H and O–H groups in total. The summed E-state index contributed by atoms with van der Waals surface area (Å²) < 4.78 is 10.6. The largest absolute Gasteiger partial charge is 0.457 e. The number of benzene rings is 2. The van der Waals surface area contributed by atoms with Gasteiger partial charge in [0, 0.05) is 34.0 Å².